The number of carbonyl (C=O) groups is 3. The molecule has 0 spiro atoms. The summed E-state index contributed by atoms with van der Waals surface area (Å²) < 4.78 is 0. The van der Waals surface area contributed by atoms with E-state index in [1.54, 1.807) is 4.90 Å². The number of hydrogen-bond acceptors (Lipinski definition) is 4. The summed E-state index contributed by atoms with van der Waals surface area (Å²) in [6.07, 6.45) is 1.51. The molecule has 2 rings (SSSR count). The molecule has 0 radical (unpaired) electrons. The Morgan fingerprint density at radius 2 is 2.09 bits per heavy atom. The average molecular weight is 311 g/mol. The average Bonchev–Trinajstić information content (AvgIpc) is 2.49. The van der Waals surface area contributed by atoms with Crippen molar-refractivity contribution >= 4 is 17.8 Å². The zero-order chi connectivity index (χ0) is 16.1. The molecular weight excluding hydrogens is 286 g/mol. The summed E-state index contributed by atoms with van der Waals surface area (Å²) in [5, 5.41) is 11.4. The van der Waals surface area contributed by atoms with E-state index in [1.807, 2.05) is 13.8 Å². The first-order valence-electron chi connectivity index (χ1n) is 7.84. The SMILES string of the molecule is CC(C)NC(=O)N1CCN[C@@H](C(=O)N[C@H]2CCCNC2=O)C1. The topological polar surface area (TPSA) is 103 Å². The Hall–Kier alpha value is -1.83. The predicted molar refractivity (Wildman–Crippen MR) is 81.2 cm³/mol. The molecule has 0 aromatic rings. The lowest BCUT2D eigenvalue weighted by molar-refractivity contribution is -0.131. The number of carbonyl (C=O) groups excluding carboxylic acids is 3. The van der Waals surface area contributed by atoms with E-state index in [2.05, 4.69) is 21.3 Å². The Bertz CT molecular complexity index is 440. The monoisotopic (exact) mass is 311 g/mol. The largest absolute Gasteiger partial charge is 0.354 e. The van der Waals surface area contributed by atoms with Crippen molar-refractivity contribution in [1.82, 2.24) is 26.2 Å². The molecule has 2 aliphatic rings. The van der Waals surface area contributed by atoms with Gasteiger partial charge in [-0.1, -0.05) is 0 Å². The van der Waals surface area contributed by atoms with Gasteiger partial charge in [0.05, 0.1) is 0 Å². The normalized spacial score (nSPS) is 25.6. The number of nitrogens with one attached hydrogen (secondary N) is 4. The van der Waals surface area contributed by atoms with Crippen molar-refractivity contribution in [3.63, 3.8) is 0 Å². The Balaban J connectivity index is 1.87. The highest BCUT2D eigenvalue weighted by molar-refractivity contribution is 5.90. The molecule has 0 aliphatic carbocycles. The van der Waals surface area contributed by atoms with Gasteiger partial charge in [0.1, 0.15) is 12.1 Å². The molecule has 0 aromatic carbocycles. The molecule has 0 aromatic heterocycles. The van der Waals surface area contributed by atoms with Gasteiger partial charge < -0.3 is 26.2 Å². The van der Waals surface area contributed by atoms with Gasteiger partial charge in [0, 0.05) is 32.2 Å². The second kappa shape index (κ2) is 7.44. The molecule has 0 unspecified atom stereocenters. The quantitative estimate of drug-likeness (QED) is 0.524. The summed E-state index contributed by atoms with van der Waals surface area (Å²) in [5.74, 6) is -0.367. The van der Waals surface area contributed by atoms with Crippen molar-refractivity contribution in [1.29, 1.82) is 0 Å². The van der Waals surface area contributed by atoms with Crippen LogP contribution in [0, 0.1) is 0 Å². The molecule has 124 valence electrons. The van der Waals surface area contributed by atoms with Crippen LogP contribution in [0.25, 0.3) is 0 Å². The molecule has 0 bridgehead atoms. The Morgan fingerprint density at radius 3 is 2.77 bits per heavy atom. The van der Waals surface area contributed by atoms with Crippen LogP contribution >= 0.6 is 0 Å². The van der Waals surface area contributed by atoms with Crippen LogP contribution in [0.5, 0.6) is 0 Å². The summed E-state index contributed by atoms with van der Waals surface area (Å²) >= 11 is 0. The van der Waals surface area contributed by atoms with Crippen molar-refractivity contribution in [2.24, 2.45) is 0 Å². The highest BCUT2D eigenvalue weighted by Gasteiger charge is 2.31. The van der Waals surface area contributed by atoms with Gasteiger partial charge in [-0.25, -0.2) is 4.79 Å². The van der Waals surface area contributed by atoms with Gasteiger partial charge in [-0.15, -0.1) is 0 Å². The van der Waals surface area contributed by atoms with Crippen LogP contribution in [-0.4, -0.2) is 67.0 Å². The zero-order valence-electron chi connectivity index (χ0n) is 13.1. The summed E-state index contributed by atoms with van der Waals surface area (Å²) in [7, 11) is 0. The fourth-order valence-corrected chi connectivity index (χ4v) is 2.63. The Kier molecular flexibility index (Phi) is 5.59. The van der Waals surface area contributed by atoms with Gasteiger partial charge in [-0.2, -0.15) is 0 Å². The smallest absolute Gasteiger partial charge is 0.317 e. The van der Waals surface area contributed by atoms with Crippen LogP contribution in [-0.2, 0) is 9.59 Å². The molecule has 2 atom stereocenters. The van der Waals surface area contributed by atoms with E-state index in [9.17, 15) is 14.4 Å². The third-order valence-electron chi connectivity index (χ3n) is 3.79. The maximum atomic E-state index is 12.3. The number of rotatable bonds is 3. The van der Waals surface area contributed by atoms with E-state index in [4.69, 9.17) is 0 Å². The highest BCUT2D eigenvalue weighted by Crippen LogP contribution is 2.05. The predicted octanol–water partition coefficient (Wildman–Crippen LogP) is -1.23. The van der Waals surface area contributed by atoms with Crippen LogP contribution in [0.2, 0.25) is 0 Å². The fraction of sp³-hybridized carbons (Fsp3) is 0.786. The van der Waals surface area contributed by atoms with Crippen molar-refractivity contribution < 1.29 is 14.4 Å². The number of urea groups is 1. The van der Waals surface area contributed by atoms with Crippen molar-refractivity contribution in [2.45, 2.75) is 44.8 Å². The van der Waals surface area contributed by atoms with Gasteiger partial charge in [-0.3, -0.25) is 9.59 Å². The van der Waals surface area contributed by atoms with Crippen LogP contribution < -0.4 is 21.3 Å². The third kappa shape index (κ3) is 4.33. The van der Waals surface area contributed by atoms with Crippen LogP contribution in [0.15, 0.2) is 0 Å². The zero-order valence-corrected chi connectivity index (χ0v) is 13.1. The Morgan fingerprint density at radius 1 is 1.32 bits per heavy atom. The molecule has 2 saturated heterocycles. The summed E-state index contributed by atoms with van der Waals surface area (Å²) in [4.78, 5) is 37.6. The van der Waals surface area contributed by atoms with Crippen LogP contribution in [0.1, 0.15) is 26.7 Å². The molecule has 0 saturated carbocycles. The molecule has 2 fully saturated rings. The molecule has 2 heterocycles. The standard InChI is InChI=1S/C14H25N5O3/c1-9(2)17-14(22)19-7-6-15-11(8-19)13(21)18-10-4-3-5-16-12(10)20/h9-11,15H,3-8H2,1-2H3,(H,16,20)(H,17,22)(H,18,21)/t10-,11+/m0/s1. The van der Waals surface area contributed by atoms with E-state index in [0.29, 0.717) is 32.6 Å². The van der Waals surface area contributed by atoms with E-state index in [1.165, 1.54) is 0 Å². The van der Waals surface area contributed by atoms with Crippen LogP contribution in [0.4, 0.5) is 4.79 Å². The number of amides is 4. The van der Waals surface area contributed by atoms with Crippen molar-refractivity contribution in [2.75, 3.05) is 26.2 Å². The van der Waals surface area contributed by atoms with Crippen molar-refractivity contribution in [3.8, 4) is 0 Å². The summed E-state index contributed by atoms with van der Waals surface area (Å²) in [5.41, 5.74) is 0. The molecular formula is C14H25N5O3. The molecule has 8 nitrogen and oxygen atoms in total. The fourth-order valence-electron chi connectivity index (χ4n) is 2.63. The molecule has 4 amide bonds. The van der Waals surface area contributed by atoms with Gasteiger partial charge in [-0.05, 0) is 26.7 Å². The van der Waals surface area contributed by atoms with Gasteiger partial charge in [0.15, 0.2) is 0 Å². The van der Waals surface area contributed by atoms with Crippen molar-refractivity contribution in [3.05, 3.63) is 0 Å². The molecule has 4 N–H and O–H groups in total. The first-order valence-corrected chi connectivity index (χ1v) is 7.84. The maximum Gasteiger partial charge on any atom is 0.317 e. The number of piperazine rings is 1. The van der Waals surface area contributed by atoms with E-state index in [-0.39, 0.29) is 23.9 Å². The summed E-state index contributed by atoms with van der Waals surface area (Å²) in [6.45, 7) is 5.87. The molecule has 22 heavy (non-hydrogen) atoms. The van der Waals surface area contributed by atoms with Gasteiger partial charge in [0.25, 0.3) is 0 Å². The molecule has 8 heteroatoms. The van der Waals surface area contributed by atoms with Crippen LogP contribution in [0.3, 0.4) is 0 Å². The van der Waals surface area contributed by atoms with E-state index >= 15 is 0 Å². The lowest BCUT2D eigenvalue weighted by Gasteiger charge is -2.34. The number of piperidine rings is 1. The second-order valence-electron chi connectivity index (χ2n) is 6.05. The Labute approximate surface area is 130 Å². The third-order valence-corrected chi connectivity index (χ3v) is 3.79. The lowest BCUT2D eigenvalue weighted by Crippen LogP contribution is -2.62. The lowest BCUT2D eigenvalue weighted by atomic mass is 10.1. The van der Waals surface area contributed by atoms with E-state index in [0.717, 1.165) is 6.42 Å². The minimum atomic E-state index is -0.485. The number of hydrogen-bond donors (Lipinski definition) is 4. The minimum absolute atomic E-state index is 0.0561. The highest BCUT2D eigenvalue weighted by atomic mass is 16.2. The minimum Gasteiger partial charge on any atom is -0.354 e. The first kappa shape index (κ1) is 16.5. The van der Waals surface area contributed by atoms with Gasteiger partial charge >= 0.3 is 6.03 Å². The maximum absolute atomic E-state index is 12.3. The van der Waals surface area contributed by atoms with Gasteiger partial charge in [0.2, 0.25) is 11.8 Å². The number of nitrogens with zero attached hydrogens (tertiary/aromatic N) is 1. The second-order valence-corrected chi connectivity index (χ2v) is 6.05. The van der Waals surface area contributed by atoms with E-state index < -0.39 is 12.1 Å². The molecule has 2 aliphatic heterocycles. The first-order chi connectivity index (χ1) is 10.5. The summed E-state index contributed by atoms with van der Waals surface area (Å²) in [6, 6.07) is -1.06.